The highest BCUT2D eigenvalue weighted by Gasteiger charge is 2.16. The molecule has 1 fully saturated rings. The Morgan fingerprint density at radius 2 is 2.32 bits per heavy atom. The van der Waals surface area contributed by atoms with Gasteiger partial charge in [0.25, 0.3) is 5.69 Å². The molecule has 1 aromatic rings. The molecule has 2 N–H and O–H groups in total. The van der Waals surface area contributed by atoms with E-state index in [2.05, 4.69) is 26.6 Å². The van der Waals surface area contributed by atoms with Crippen molar-refractivity contribution in [1.82, 2.24) is 5.32 Å². The molecule has 1 aliphatic rings. The van der Waals surface area contributed by atoms with Crippen LogP contribution in [0.3, 0.4) is 0 Å². The normalized spacial score (nSPS) is 19.2. The standard InChI is InChI=1S/C13H18BrN3O2/c1-9-6-11(14)12(7-13(9)17(18)19)16-8-10-4-2-3-5-15-10/h6-7,10,15-16H,2-5,8H2,1H3. The lowest BCUT2D eigenvalue weighted by Gasteiger charge is -2.24. The molecule has 0 radical (unpaired) electrons. The van der Waals surface area contributed by atoms with E-state index < -0.39 is 0 Å². The number of hydrogen-bond donors (Lipinski definition) is 2. The summed E-state index contributed by atoms with van der Waals surface area (Å²) in [5.74, 6) is 0. The van der Waals surface area contributed by atoms with Crippen LogP contribution in [0.1, 0.15) is 24.8 Å². The molecule has 0 amide bonds. The summed E-state index contributed by atoms with van der Waals surface area (Å²) in [6.45, 7) is 3.59. The summed E-state index contributed by atoms with van der Waals surface area (Å²) >= 11 is 3.45. The lowest BCUT2D eigenvalue weighted by Crippen LogP contribution is -2.39. The first kappa shape index (κ1) is 14.3. The molecule has 1 aromatic carbocycles. The summed E-state index contributed by atoms with van der Waals surface area (Å²) in [4.78, 5) is 10.6. The van der Waals surface area contributed by atoms with Gasteiger partial charge in [0.15, 0.2) is 0 Å². The van der Waals surface area contributed by atoms with Gasteiger partial charge in [-0.1, -0.05) is 6.42 Å². The Hall–Kier alpha value is -1.14. The predicted molar refractivity (Wildman–Crippen MR) is 79.7 cm³/mol. The molecule has 6 heteroatoms. The molecular weight excluding hydrogens is 310 g/mol. The van der Waals surface area contributed by atoms with E-state index in [9.17, 15) is 10.1 Å². The monoisotopic (exact) mass is 327 g/mol. The molecule has 0 spiro atoms. The number of hydrogen-bond acceptors (Lipinski definition) is 4. The lowest BCUT2D eigenvalue weighted by molar-refractivity contribution is -0.385. The van der Waals surface area contributed by atoms with Crippen molar-refractivity contribution in [3.05, 3.63) is 32.3 Å². The van der Waals surface area contributed by atoms with Crippen molar-refractivity contribution in [3.63, 3.8) is 0 Å². The molecule has 1 heterocycles. The number of nitro groups is 1. The summed E-state index contributed by atoms with van der Waals surface area (Å²) in [7, 11) is 0. The van der Waals surface area contributed by atoms with E-state index in [4.69, 9.17) is 0 Å². The number of rotatable bonds is 4. The largest absolute Gasteiger partial charge is 0.382 e. The van der Waals surface area contributed by atoms with Crippen LogP contribution in [0.15, 0.2) is 16.6 Å². The number of nitrogens with one attached hydrogen (secondary N) is 2. The van der Waals surface area contributed by atoms with Gasteiger partial charge < -0.3 is 10.6 Å². The first-order valence-electron chi connectivity index (χ1n) is 6.49. The minimum Gasteiger partial charge on any atom is -0.382 e. The minimum atomic E-state index is -0.341. The molecule has 2 rings (SSSR count). The third kappa shape index (κ3) is 3.67. The fraction of sp³-hybridized carbons (Fsp3) is 0.538. The summed E-state index contributed by atoms with van der Waals surface area (Å²) < 4.78 is 0.867. The van der Waals surface area contributed by atoms with E-state index in [1.54, 1.807) is 19.1 Å². The van der Waals surface area contributed by atoms with Gasteiger partial charge >= 0.3 is 0 Å². The van der Waals surface area contributed by atoms with E-state index in [0.717, 1.165) is 29.7 Å². The number of nitro benzene ring substituents is 1. The number of anilines is 1. The van der Waals surface area contributed by atoms with Crippen molar-refractivity contribution < 1.29 is 4.92 Å². The minimum absolute atomic E-state index is 0.155. The second kappa shape index (κ2) is 6.34. The molecular formula is C13H18BrN3O2. The van der Waals surface area contributed by atoms with Crippen LogP contribution in [-0.4, -0.2) is 24.1 Å². The summed E-state index contributed by atoms with van der Waals surface area (Å²) in [6.07, 6.45) is 3.63. The highest BCUT2D eigenvalue weighted by molar-refractivity contribution is 9.10. The topological polar surface area (TPSA) is 67.2 Å². The smallest absolute Gasteiger partial charge is 0.274 e. The Bertz CT molecular complexity index is 473. The van der Waals surface area contributed by atoms with Gasteiger partial charge in [-0.05, 0) is 48.3 Å². The van der Waals surface area contributed by atoms with Crippen molar-refractivity contribution >= 4 is 27.3 Å². The van der Waals surface area contributed by atoms with Crippen LogP contribution in [0.2, 0.25) is 0 Å². The third-order valence-electron chi connectivity index (χ3n) is 3.43. The molecule has 0 bridgehead atoms. The fourth-order valence-corrected chi connectivity index (χ4v) is 2.92. The summed E-state index contributed by atoms with van der Waals surface area (Å²) in [5.41, 5.74) is 1.60. The van der Waals surface area contributed by atoms with Crippen LogP contribution in [0.4, 0.5) is 11.4 Å². The number of benzene rings is 1. The molecule has 5 nitrogen and oxygen atoms in total. The zero-order valence-electron chi connectivity index (χ0n) is 10.9. The molecule has 104 valence electrons. The maximum atomic E-state index is 10.9. The van der Waals surface area contributed by atoms with Crippen LogP contribution >= 0.6 is 15.9 Å². The van der Waals surface area contributed by atoms with Gasteiger partial charge in [0.05, 0.1) is 10.6 Å². The van der Waals surface area contributed by atoms with E-state index >= 15 is 0 Å². The number of nitrogens with zero attached hydrogens (tertiary/aromatic N) is 1. The van der Waals surface area contributed by atoms with E-state index in [1.165, 1.54) is 12.8 Å². The summed E-state index contributed by atoms with van der Waals surface area (Å²) in [6, 6.07) is 3.83. The molecule has 19 heavy (non-hydrogen) atoms. The Kier molecular flexibility index (Phi) is 4.76. The average molecular weight is 328 g/mol. The van der Waals surface area contributed by atoms with Crippen LogP contribution in [-0.2, 0) is 0 Å². The van der Waals surface area contributed by atoms with Crippen molar-refractivity contribution in [2.45, 2.75) is 32.2 Å². The predicted octanol–water partition coefficient (Wildman–Crippen LogP) is 3.22. The maximum absolute atomic E-state index is 10.9. The second-order valence-electron chi connectivity index (χ2n) is 4.90. The van der Waals surface area contributed by atoms with Crippen molar-refractivity contribution in [2.24, 2.45) is 0 Å². The average Bonchev–Trinajstić information content (AvgIpc) is 2.38. The Labute approximate surface area is 121 Å². The van der Waals surface area contributed by atoms with Gasteiger partial charge in [0.1, 0.15) is 0 Å². The first-order valence-corrected chi connectivity index (χ1v) is 7.29. The highest BCUT2D eigenvalue weighted by Crippen LogP contribution is 2.30. The van der Waals surface area contributed by atoms with E-state index in [1.807, 2.05) is 0 Å². The van der Waals surface area contributed by atoms with Gasteiger partial charge in [-0.25, -0.2) is 0 Å². The quantitative estimate of drug-likeness (QED) is 0.658. The molecule has 1 atom stereocenters. The van der Waals surface area contributed by atoms with Gasteiger partial charge in [-0.2, -0.15) is 0 Å². The zero-order valence-corrected chi connectivity index (χ0v) is 12.5. The highest BCUT2D eigenvalue weighted by atomic mass is 79.9. The number of halogens is 1. The zero-order chi connectivity index (χ0) is 13.8. The lowest BCUT2D eigenvalue weighted by atomic mass is 10.0. The molecule has 1 aliphatic heterocycles. The Balaban J connectivity index is 2.06. The second-order valence-corrected chi connectivity index (χ2v) is 5.76. The number of piperidine rings is 1. The summed E-state index contributed by atoms with van der Waals surface area (Å²) in [5, 5.41) is 17.7. The van der Waals surface area contributed by atoms with E-state index in [-0.39, 0.29) is 10.6 Å². The first-order chi connectivity index (χ1) is 9.08. The van der Waals surface area contributed by atoms with Crippen molar-refractivity contribution in [3.8, 4) is 0 Å². The number of aryl methyl sites for hydroxylation is 1. The SMILES string of the molecule is Cc1cc(Br)c(NCC2CCCCN2)cc1[N+](=O)[O-]. The maximum Gasteiger partial charge on any atom is 0.274 e. The van der Waals surface area contributed by atoms with Gasteiger partial charge in [0, 0.05) is 28.7 Å². The molecule has 1 saturated heterocycles. The van der Waals surface area contributed by atoms with Gasteiger partial charge in [-0.3, -0.25) is 10.1 Å². The van der Waals surface area contributed by atoms with Crippen LogP contribution < -0.4 is 10.6 Å². The molecule has 0 saturated carbocycles. The van der Waals surface area contributed by atoms with Crippen molar-refractivity contribution in [2.75, 3.05) is 18.4 Å². The third-order valence-corrected chi connectivity index (χ3v) is 4.09. The van der Waals surface area contributed by atoms with Crippen LogP contribution in [0, 0.1) is 17.0 Å². The molecule has 1 unspecified atom stereocenters. The van der Waals surface area contributed by atoms with Crippen LogP contribution in [0.25, 0.3) is 0 Å². The van der Waals surface area contributed by atoms with E-state index in [0.29, 0.717) is 11.6 Å². The molecule has 0 aromatic heterocycles. The molecule has 0 aliphatic carbocycles. The fourth-order valence-electron chi connectivity index (χ4n) is 2.32. The Morgan fingerprint density at radius 3 is 2.95 bits per heavy atom. The van der Waals surface area contributed by atoms with Crippen LogP contribution in [0.5, 0.6) is 0 Å². The van der Waals surface area contributed by atoms with Gasteiger partial charge in [0.2, 0.25) is 0 Å². The Morgan fingerprint density at radius 1 is 1.53 bits per heavy atom. The van der Waals surface area contributed by atoms with Crippen molar-refractivity contribution in [1.29, 1.82) is 0 Å². The van der Waals surface area contributed by atoms with Gasteiger partial charge in [-0.15, -0.1) is 0 Å².